The minimum atomic E-state index is 0.693. The van der Waals surface area contributed by atoms with Crippen molar-refractivity contribution in [2.45, 2.75) is 10.1 Å². The molecule has 24 heavy (non-hydrogen) atoms. The van der Waals surface area contributed by atoms with Crippen molar-refractivity contribution in [1.29, 1.82) is 0 Å². The Balaban J connectivity index is 1.54. The normalized spacial score (nSPS) is 11.2. The number of pyridine rings is 1. The van der Waals surface area contributed by atoms with Crippen molar-refractivity contribution in [1.82, 2.24) is 19.2 Å². The molecule has 0 bridgehead atoms. The van der Waals surface area contributed by atoms with Crippen LogP contribution in [-0.4, -0.2) is 19.2 Å². The second-order valence-electron chi connectivity index (χ2n) is 5.01. The molecule has 0 aliphatic rings. The highest BCUT2D eigenvalue weighted by molar-refractivity contribution is 8.00. The average molecular weight is 391 g/mol. The molecule has 4 rings (SSSR count). The third-order valence-electron chi connectivity index (χ3n) is 3.34. The van der Waals surface area contributed by atoms with Crippen LogP contribution in [0.2, 0.25) is 5.02 Å². The molecule has 4 nitrogen and oxygen atoms in total. The van der Waals surface area contributed by atoms with E-state index in [2.05, 4.69) is 10.1 Å². The van der Waals surface area contributed by atoms with Crippen LogP contribution in [0.25, 0.3) is 11.3 Å². The van der Waals surface area contributed by atoms with Gasteiger partial charge in [0.25, 0.3) is 0 Å². The molecule has 0 aliphatic heterocycles. The lowest BCUT2D eigenvalue weighted by Crippen LogP contribution is -1.95. The molecule has 0 atom stereocenters. The summed E-state index contributed by atoms with van der Waals surface area (Å²) in [5.41, 5.74) is 2.85. The summed E-state index contributed by atoms with van der Waals surface area (Å²) in [5, 5.41) is 5.29. The number of fused-ring (bicyclic) bond motifs is 1. The van der Waals surface area contributed by atoms with E-state index in [4.69, 9.17) is 23.8 Å². The van der Waals surface area contributed by atoms with Crippen LogP contribution in [-0.2, 0) is 5.75 Å². The number of para-hydroxylation sites is 1. The summed E-state index contributed by atoms with van der Waals surface area (Å²) < 4.78 is 5.40. The molecule has 3 heterocycles. The Bertz CT molecular complexity index is 1050. The summed E-state index contributed by atoms with van der Waals surface area (Å²) in [6, 6.07) is 13.7. The molecule has 0 spiro atoms. The summed E-state index contributed by atoms with van der Waals surface area (Å²) in [6.07, 6.45) is 3.84. The second kappa shape index (κ2) is 6.68. The van der Waals surface area contributed by atoms with Gasteiger partial charge in [-0.2, -0.15) is 0 Å². The first kappa shape index (κ1) is 15.8. The SMILES string of the molecule is S=c1sc(SCc2cn3cc(Cl)ccc3n2)nn1-c1ccccc1. The number of imidazole rings is 1. The molecular weight excluding hydrogens is 380 g/mol. The maximum Gasteiger partial charge on any atom is 0.184 e. The van der Waals surface area contributed by atoms with Gasteiger partial charge in [-0.1, -0.05) is 52.9 Å². The summed E-state index contributed by atoms with van der Waals surface area (Å²) in [5.74, 6) is 0.733. The van der Waals surface area contributed by atoms with Gasteiger partial charge >= 0.3 is 0 Å². The highest BCUT2D eigenvalue weighted by Crippen LogP contribution is 2.27. The molecule has 0 saturated heterocycles. The fourth-order valence-corrected chi connectivity index (χ4v) is 4.69. The minimum Gasteiger partial charge on any atom is -0.305 e. The zero-order chi connectivity index (χ0) is 16.5. The van der Waals surface area contributed by atoms with Crippen molar-refractivity contribution < 1.29 is 0 Å². The van der Waals surface area contributed by atoms with Gasteiger partial charge in [-0.25, -0.2) is 9.67 Å². The largest absolute Gasteiger partial charge is 0.305 e. The Labute approximate surface area is 156 Å². The lowest BCUT2D eigenvalue weighted by molar-refractivity contribution is 0.829. The zero-order valence-corrected chi connectivity index (χ0v) is 15.5. The zero-order valence-electron chi connectivity index (χ0n) is 12.3. The Hall–Kier alpha value is -1.67. The molecule has 1 aromatic carbocycles. The molecular formula is C16H11ClN4S3. The van der Waals surface area contributed by atoms with Crippen molar-refractivity contribution >= 4 is 52.6 Å². The molecule has 4 aromatic rings. The van der Waals surface area contributed by atoms with E-state index < -0.39 is 0 Å². The molecule has 0 N–H and O–H groups in total. The van der Waals surface area contributed by atoms with Gasteiger partial charge in [-0.3, -0.25) is 0 Å². The molecule has 0 radical (unpaired) electrons. The van der Waals surface area contributed by atoms with Gasteiger partial charge in [-0.15, -0.1) is 5.10 Å². The molecule has 0 amide bonds. The maximum absolute atomic E-state index is 6.00. The number of hydrogen-bond acceptors (Lipinski definition) is 5. The van der Waals surface area contributed by atoms with Crippen LogP contribution >= 0.6 is 46.9 Å². The number of halogens is 1. The second-order valence-corrected chi connectivity index (χ2v) is 8.30. The molecule has 0 aliphatic carbocycles. The maximum atomic E-state index is 6.00. The summed E-state index contributed by atoms with van der Waals surface area (Å²) >= 11 is 14.6. The van der Waals surface area contributed by atoms with E-state index in [1.54, 1.807) is 16.4 Å². The molecule has 0 unspecified atom stereocenters. The average Bonchev–Trinajstić information content (AvgIpc) is 3.16. The predicted octanol–water partition coefficient (Wildman–Crippen LogP) is 5.26. The van der Waals surface area contributed by atoms with Crippen LogP contribution in [0, 0.1) is 3.95 Å². The first-order valence-corrected chi connectivity index (χ1v) is 9.69. The highest BCUT2D eigenvalue weighted by atomic mass is 35.5. The molecule has 0 fully saturated rings. The number of hydrogen-bond donors (Lipinski definition) is 0. The first-order chi connectivity index (χ1) is 11.7. The van der Waals surface area contributed by atoms with E-state index in [9.17, 15) is 0 Å². The summed E-state index contributed by atoms with van der Waals surface area (Å²) in [7, 11) is 0. The van der Waals surface area contributed by atoms with Crippen molar-refractivity contribution in [2.75, 3.05) is 0 Å². The Morgan fingerprint density at radius 2 is 1.96 bits per heavy atom. The van der Waals surface area contributed by atoms with Crippen molar-refractivity contribution in [3.8, 4) is 5.69 Å². The van der Waals surface area contributed by atoms with E-state index in [1.807, 2.05) is 59.3 Å². The van der Waals surface area contributed by atoms with Gasteiger partial charge in [0.05, 0.1) is 16.4 Å². The lowest BCUT2D eigenvalue weighted by atomic mass is 10.3. The highest BCUT2D eigenvalue weighted by Gasteiger charge is 2.08. The van der Waals surface area contributed by atoms with Gasteiger partial charge in [0.1, 0.15) is 5.65 Å². The lowest BCUT2D eigenvalue weighted by Gasteiger charge is -1.98. The summed E-state index contributed by atoms with van der Waals surface area (Å²) in [4.78, 5) is 4.58. The van der Waals surface area contributed by atoms with Gasteiger partial charge < -0.3 is 4.40 Å². The van der Waals surface area contributed by atoms with E-state index in [1.165, 1.54) is 11.3 Å². The van der Waals surface area contributed by atoms with Crippen LogP contribution in [0.5, 0.6) is 0 Å². The third-order valence-corrected chi connectivity index (χ3v) is 5.96. The van der Waals surface area contributed by atoms with E-state index in [0.29, 0.717) is 5.02 Å². The molecule has 0 saturated carbocycles. The first-order valence-electron chi connectivity index (χ1n) is 7.10. The molecule has 120 valence electrons. The van der Waals surface area contributed by atoms with Gasteiger partial charge in [0, 0.05) is 18.1 Å². The fraction of sp³-hybridized carbons (Fsp3) is 0.0625. The smallest absolute Gasteiger partial charge is 0.184 e. The van der Waals surface area contributed by atoms with Crippen LogP contribution in [0.3, 0.4) is 0 Å². The Morgan fingerprint density at radius 3 is 2.79 bits per heavy atom. The minimum absolute atomic E-state index is 0.693. The van der Waals surface area contributed by atoms with Crippen molar-refractivity contribution in [3.05, 3.63) is 69.5 Å². The van der Waals surface area contributed by atoms with Crippen LogP contribution in [0.4, 0.5) is 0 Å². The fourth-order valence-electron chi connectivity index (χ4n) is 2.27. The number of thioether (sulfide) groups is 1. The number of benzene rings is 1. The van der Waals surface area contributed by atoms with Crippen molar-refractivity contribution in [3.63, 3.8) is 0 Å². The van der Waals surface area contributed by atoms with Crippen LogP contribution in [0.15, 0.2) is 59.2 Å². The number of rotatable bonds is 4. The van der Waals surface area contributed by atoms with E-state index in [0.717, 1.165) is 31.1 Å². The van der Waals surface area contributed by atoms with E-state index in [-0.39, 0.29) is 0 Å². The third kappa shape index (κ3) is 3.25. The molecule has 8 heteroatoms. The van der Waals surface area contributed by atoms with Gasteiger partial charge in [0.2, 0.25) is 0 Å². The number of aromatic nitrogens is 4. The van der Waals surface area contributed by atoms with E-state index >= 15 is 0 Å². The summed E-state index contributed by atoms with van der Waals surface area (Å²) in [6.45, 7) is 0. The van der Waals surface area contributed by atoms with Crippen LogP contribution < -0.4 is 0 Å². The van der Waals surface area contributed by atoms with Gasteiger partial charge in [0.15, 0.2) is 8.29 Å². The topological polar surface area (TPSA) is 35.1 Å². The van der Waals surface area contributed by atoms with Crippen LogP contribution in [0.1, 0.15) is 5.69 Å². The number of nitrogens with zero attached hydrogens (tertiary/aromatic N) is 4. The Morgan fingerprint density at radius 1 is 1.12 bits per heavy atom. The monoisotopic (exact) mass is 390 g/mol. The quantitative estimate of drug-likeness (QED) is 0.352. The molecule has 3 aromatic heterocycles. The van der Waals surface area contributed by atoms with Crippen molar-refractivity contribution in [2.24, 2.45) is 0 Å². The van der Waals surface area contributed by atoms with Gasteiger partial charge in [-0.05, 0) is 36.5 Å². The predicted molar refractivity (Wildman–Crippen MR) is 102 cm³/mol. The standard InChI is InChI=1S/C16H11ClN4S3/c17-11-6-7-14-18-12(9-20(14)8-11)10-23-15-19-21(16(22)24-15)13-4-2-1-3-5-13/h1-9H,10H2. The Kier molecular flexibility index (Phi) is 4.41.